The number of hydrogen-bond acceptors (Lipinski definition) is 3. The van der Waals surface area contributed by atoms with Crippen molar-refractivity contribution < 1.29 is 8.42 Å². The molecule has 0 aliphatic carbocycles. The average molecular weight is 478 g/mol. The summed E-state index contributed by atoms with van der Waals surface area (Å²) in [5, 5.41) is 3.32. The molecule has 0 amide bonds. The molecule has 0 radical (unpaired) electrons. The molecule has 0 aliphatic rings. The molecule has 6 heteroatoms. The fraction of sp³-hybridized carbons (Fsp3) is 0.100. The van der Waals surface area contributed by atoms with Gasteiger partial charge >= 0.3 is 0 Å². The molecule has 26 heavy (non-hydrogen) atoms. The highest BCUT2D eigenvalue weighted by atomic mass is 127. The predicted octanol–water partition coefficient (Wildman–Crippen LogP) is 5.01. The van der Waals surface area contributed by atoms with E-state index in [1.165, 1.54) is 3.57 Å². The second-order valence-corrected chi connectivity index (χ2v) is 8.86. The number of nitrogens with one attached hydrogen (secondary N) is 2. The van der Waals surface area contributed by atoms with Gasteiger partial charge in [-0.05, 0) is 77.5 Å². The first-order valence-corrected chi connectivity index (χ1v) is 10.7. The molecule has 0 fully saturated rings. The molecular weight excluding hydrogens is 459 g/mol. The number of sulfonamides is 1. The van der Waals surface area contributed by atoms with Crippen molar-refractivity contribution in [2.24, 2.45) is 0 Å². The number of para-hydroxylation sites is 1. The van der Waals surface area contributed by atoms with Crippen molar-refractivity contribution in [3.05, 3.63) is 87.5 Å². The van der Waals surface area contributed by atoms with Gasteiger partial charge in [0.1, 0.15) is 0 Å². The fourth-order valence-corrected chi connectivity index (χ4v) is 3.92. The summed E-state index contributed by atoms with van der Waals surface area (Å²) in [6.45, 7) is 2.45. The topological polar surface area (TPSA) is 58.2 Å². The Morgan fingerprint density at radius 1 is 0.885 bits per heavy atom. The standard InChI is InChI=1S/C20H19IN2O2S/c1-15-6-12-19(13-7-15)26(24,25)23-20-5-3-2-4-16(20)14-22-18-10-8-17(21)9-11-18/h2-13,22-23H,14H2,1H3. The van der Waals surface area contributed by atoms with Crippen molar-refractivity contribution in [1.29, 1.82) is 0 Å². The molecule has 3 aromatic carbocycles. The van der Waals surface area contributed by atoms with Crippen LogP contribution in [-0.4, -0.2) is 8.42 Å². The normalized spacial score (nSPS) is 11.2. The molecule has 2 N–H and O–H groups in total. The second kappa shape index (κ2) is 8.09. The number of halogens is 1. The van der Waals surface area contributed by atoms with E-state index in [-0.39, 0.29) is 4.90 Å². The number of hydrogen-bond donors (Lipinski definition) is 2. The fourth-order valence-electron chi connectivity index (χ4n) is 2.46. The number of rotatable bonds is 6. The van der Waals surface area contributed by atoms with Crippen molar-refractivity contribution >= 4 is 44.0 Å². The van der Waals surface area contributed by atoms with Crippen molar-refractivity contribution in [2.75, 3.05) is 10.0 Å². The van der Waals surface area contributed by atoms with Crippen LogP contribution >= 0.6 is 22.6 Å². The third-order valence-electron chi connectivity index (χ3n) is 3.92. The van der Waals surface area contributed by atoms with Gasteiger partial charge in [-0.2, -0.15) is 0 Å². The Kier molecular flexibility index (Phi) is 5.83. The van der Waals surface area contributed by atoms with Crippen LogP contribution in [0.2, 0.25) is 0 Å². The molecule has 0 atom stereocenters. The summed E-state index contributed by atoms with van der Waals surface area (Å²) < 4.78 is 29.2. The molecule has 0 saturated carbocycles. The monoisotopic (exact) mass is 478 g/mol. The van der Waals surface area contributed by atoms with Crippen molar-refractivity contribution in [1.82, 2.24) is 0 Å². The zero-order valence-electron chi connectivity index (χ0n) is 14.2. The zero-order valence-corrected chi connectivity index (χ0v) is 17.2. The lowest BCUT2D eigenvalue weighted by atomic mass is 10.2. The van der Waals surface area contributed by atoms with E-state index in [4.69, 9.17) is 0 Å². The SMILES string of the molecule is Cc1ccc(S(=O)(=O)Nc2ccccc2CNc2ccc(I)cc2)cc1. The van der Waals surface area contributed by atoms with Gasteiger partial charge in [-0.25, -0.2) is 8.42 Å². The third kappa shape index (κ3) is 4.76. The van der Waals surface area contributed by atoms with Gasteiger partial charge in [-0.15, -0.1) is 0 Å². The van der Waals surface area contributed by atoms with Gasteiger partial charge < -0.3 is 5.32 Å². The average Bonchev–Trinajstić information content (AvgIpc) is 2.62. The molecule has 4 nitrogen and oxygen atoms in total. The third-order valence-corrected chi connectivity index (χ3v) is 6.02. The maximum atomic E-state index is 12.6. The van der Waals surface area contributed by atoms with E-state index in [1.54, 1.807) is 30.3 Å². The smallest absolute Gasteiger partial charge is 0.261 e. The summed E-state index contributed by atoms with van der Waals surface area (Å²) in [7, 11) is -3.62. The Balaban J connectivity index is 1.78. The Morgan fingerprint density at radius 3 is 2.23 bits per heavy atom. The van der Waals surface area contributed by atoms with Crippen LogP contribution < -0.4 is 10.0 Å². The van der Waals surface area contributed by atoms with Gasteiger partial charge in [-0.3, -0.25) is 4.72 Å². The quantitative estimate of drug-likeness (QED) is 0.490. The molecule has 3 rings (SSSR count). The summed E-state index contributed by atoms with van der Waals surface area (Å²) >= 11 is 2.26. The van der Waals surface area contributed by atoms with E-state index in [1.807, 2.05) is 49.4 Å². The Labute approximate surface area is 167 Å². The Bertz CT molecular complexity index is 985. The van der Waals surface area contributed by atoms with E-state index in [2.05, 4.69) is 32.6 Å². The largest absolute Gasteiger partial charge is 0.381 e. The van der Waals surface area contributed by atoms with Crippen LogP contribution in [0, 0.1) is 10.5 Å². The van der Waals surface area contributed by atoms with Gasteiger partial charge in [0.2, 0.25) is 0 Å². The van der Waals surface area contributed by atoms with Gasteiger partial charge in [0.05, 0.1) is 10.6 Å². The Morgan fingerprint density at radius 2 is 1.54 bits per heavy atom. The number of benzene rings is 3. The lowest BCUT2D eigenvalue weighted by Gasteiger charge is -2.14. The zero-order chi connectivity index (χ0) is 18.6. The highest BCUT2D eigenvalue weighted by Gasteiger charge is 2.15. The summed E-state index contributed by atoms with van der Waals surface area (Å²) in [6, 6.07) is 22.3. The minimum atomic E-state index is -3.62. The van der Waals surface area contributed by atoms with Crippen LogP contribution in [0.3, 0.4) is 0 Å². The minimum Gasteiger partial charge on any atom is -0.381 e. The number of anilines is 2. The van der Waals surface area contributed by atoms with Crippen LogP contribution in [0.25, 0.3) is 0 Å². The maximum absolute atomic E-state index is 12.6. The van der Waals surface area contributed by atoms with E-state index in [9.17, 15) is 8.42 Å². The molecule has 134 valence electrons. The van der Waals surface area contributed by atoms with Crippen LogP contribution in [0.4, 0.5) is 11.4 Å². The van der Waals surface area contributed by atoms with E-state index < -0.39 is 10.0 Å². The highest BCUT2D eigenvalue weighted by molar-refractivity contribution is 14.1. The van der Waals surface area contributed by atoms with Gasteiger partial charge in [0.25, 0.3) is 10.0 Å². The molecule has 3 aromatic rings. The van der Waals surface area contributed by atoms with E-state index in [0.29, 0.717) is 12.2 Å². The highest BCUT2D eigenvalue weighted by Crippen LogP contribution is 2.22. The summed E-state index contributed by atoms with van der Waals surface area (Å²) in [5.74, 6) is 0. The molecule has 0 spiro atoms. The maximum Gasteiger partial charge on any atom is 0.261 e. The van der Waals surface area contributed by atoms with Crippen LogP contribution in [-0.2, 0) is 16.6 Å². The summed E-state index contributed by atoms with van der Waals surface area (Å²) in [6.07, 6.45) is 0. The second-order valence-electron chi connectivity index (χ2n) is 5.94. The van der Waals surface area contributed by atoms with Gasteiger partial charge in [0, 0.05) is 15.8 Å². The first kappa shape index (κ1) is 18.7. The predicted molar refractivity (Wildman–Crippen MR) is 115 cm³/mol. The van der Waals surface area contributed by atoms with Crippen LogP contribution in [0.15, 0.2) is 77.7 Å². The van der Waals surface area contributed by atoms with Crippen LogP contribution in [0.5, 0.6) is 0 Å². The molecule has 0 saturated heterocycles. The number of aryl methyl sites for hydroxylation is 1. The van der Waals surface area contributed by atoms with E-state index in [0.717, 1.165) is 16.8 Å². The van der Waals surface area contributed by atoms with Crippen molar-refractivity contribution in [2.45, 2.75) is 18.4 Å². The van der Waals surface area contributed by atoms with Gasteiger partial charge in [0.15, 0.2) is 0 Å². The molecule has 0 heterocycles. The molecule has 0 aromatic heterocycles. The lowest BCUT2D eigenvalue weighted by Crippen LogP contribution is -2.15. The lowest BCUT2D eigenvalue weighted by molar-refractivity contribution is 0.601. The van der Waals surface area contributed by atoms with Crippen LogP contribution in [0.1, 0.15) is 11.1 Å². The minimum absolute atomic E-state index is 0.253. The van der Waals surface area contributed by atoms with E-state index >= 15 is 0 Å². The van der Waals surface area contributed by atoms with Crippen molar-refractivity contribution in [3.8, 4) is 0 Å². The molecule has 0 bridgehead atoms. The Hall–Kier alpha value is -2.06. The first-order valence-electron chi connectivity index (χ1n) is 8.11. The summed E-state index contributed by atoms with van der Waals surface area (Å²) in [5.41, 5.74) is 3.46. The molecular formula is C20H19IN2O2S. The first-order chi connectivity index (χ1) is 12.4. The summed E-state index contributed by atoms with van der Waals surface area (Å²) in [4.78, 5) is 0.253. The van der Waals surface area contributed by atoms with Gasteiger partial charge in [-0.1, -0.05) is 35.9 Å². The molecule has 0 aliphatic heterocycles. The molecule has 0 unspecified atom stereocenters. The van der Waals surface area contributed by atoms with Crippen molar-refractivity contribution in [3.63, 3.8) is 0 Å².